The number of nitrogens with one attached hydrogen (secondary N) is 3. The molecule has 11 heteroatoms. The molecule has 1 aliphatic rings. The number of aromatic nitrogens is 3. The highest BCUT2D eigenvalue weighted by atomic mass is 16.5. The molecule has 11 nitrogen and oxygen atoms in total. The van der Waals surface area contributed by atoms with Gasteiger partial charge in [0.1, 0.15) is 17.8 Å². The first-order chi connectivity index (χ1) is 20.1. The van der Waals surface area contributed by atoms with Crippen molar-refractivity contribution in [3.05, 3.63) is 78.4 Å². The van der Waals surface area contributed by atoms with Gasteiger partial charge >= 0.3 is 0 Å². The highest BCUT2D eigenvalue weighted by Gasteiger charge is 2.31. The Morgan fingerprint density at radius 3 is 2.50 bits per heavy atom. The molecule has 2 aromatic carbocycles. The fourth-order valence-electron chi connectivity index (χ4n) is 5.17. The molecule has 5 N–H and O–H groups in total. The third-order valence-electron chi connectivity index (χ3n) is 7.54. The summed E-state index contributed by atoms with van der Waals surface area (Å²) in [6, 6.07) is 13.5. The van der Waals surface area contributed by atoms with Gasteiger partial charge in [-0.05, 0) is 56.0 Å². The first-order valence-electron chi connectivity index (χ1n) is 14.1. The maximum atomic E-state index is 13.6. The Labute approximate surface area is 244 Å². The number of carbonyl (C=O) groups is 3. The molecule has 0 spiro atoms. The number of nitrogens with two attached hydrogens (primary N) is 1. The number of anilines is 1. The molecule has 1 saturated heterocycles. The van der Waals surface area contributed by atoms with Crippen LogP contribution in [0.1, 0.15) is 43.9 Å². The minimum atomic E-state index is -1.18. The molecule has 0 saturated carbocycles. The lowest BCUT2D eigenvalue weighted by Gasteiger charge is -2.24. The summed E-state index contributed by atoms with van der Waals surface area (Å²) in [6.07, 6.45) is 7.18. The van der Waals surface area contributed by atoms with E-state index >= 15 is 0 Å². The molecule has 2 atom stereocenters. The summed E-state index contributed by atoms with van der Waals surface area (Å²) in [7, 11) is 1.59. The number of carbonyl (C=O) groups excluding carboxylic acids is 3. The summed E-state index contributed by atoms with van der Waals surface area (Å²) in [6.45, 7) is 4.58. The number of hydrogen-bond acceptors (Lipinski definition) is 6. The van der Waals surface area contributed by atoms with E-state index in [4.69, 9.17) is 10.5 Å². The zero-order chi connectivity index (χ0) is 29.9. The molecule has 4 aromatic rings. The van der Waals surface area contributed by atoms with E-state index in [1.807, 2.05) is 59.6 Å². The summed E-state index contributed by atoms with van der Waals surface area (Å²) >= 11 is 0. The lowest BCUT2D eigenvalue weighted by Crippen LogP contribution is -2.55. The topological polar surface area (TPSA) is 147 Å². The van der Waals surface area contributed by atoms with Gasteiger partial charge in [0.2, 0.25) is 17.7 Å². The van der Waals surface area contributed by atoms with Crippen molar-refractivity contribution in [1.29, 1.82) is 0 Å². The highest BCUT2D eigenvalue weighted by Crippen LogP contribution is 2.27. The second-order valence-electron chi connectivity index (χ2n) is 11.2. The molecular weight excluding hydrogens is 534 g/mol. The van der Waals surface area contributed by atoms with Crippen molar-refractivity contribution in [1.82, 2.24) is 24.8 Å². The standard InChI is InChI=1S/C31H37N7O4/c1-31(2,32)30(41)35-25(16-21-17-33-24-9-5-4-8-23(21)24)28(39)36-26-18-38(19-34-26)27(29(40)37-14-6-7-15-37)20-10-12-22(42-3)13-11-20/h4-5,8-13,17-19,25,27,33H,6-7,14-16,32H2,1-3H3,(H,35,41)(H,36,39). The van der Waals surface area contributed by atoms with E-state index in [1.165, 1.54) is 6.33 Å². The fourth-order valence-corrected chi connectivity index (χ4v) is 5.17. The third kappa shape index (κ3) is 6.31. The zero-order valence-corrected chi connectivity index (χ0v) is 24.1. The average molecular weight is 572 g/mol. The number of rotatable bonds is 10. The second-order valence-corrected chi connectivity index (χ2v) is 11.2. The molecule has 0 bridgehead atoms. The molecular formula is C31H37N7O4. The van der Waals surface area contributed by atoms with Crippen LogP contribution in [-0.2, 0) is 20.8 Å². The van der Waals surface area contributed by atoms with Crippen LogP contribution in [0.25, 0.3) is 10.9 Å². The van der Waals surface area contributed by atoms with E-state index in [-0.39, 0.29) is 18.1 Å². The third-order valence-corrected chi connectivity index (χ3v) is 7.54. The van der Waals surface area contributed by atoms with Crippen LogP contribution in [0.2, 0.25) is 0 Å². The van der Waals surface area contributed by atoms with Gasteiger partial charge in [0.15, 0.2) is 5.82 Å². The Hall–Kier alpha value is -4.64. The first kappa shape index (κ1) is 28.9. The van der Waals surface area contributed by atoms with Gasteiger partial charge in [0.05, 0.1) is 19.0 Å². The summed E-state index contributed by atoms with van der Waals surface area (Å²) < 4.78 is 7.00. The fraction of sp³-hybridized carbons (Fsp3) is 0.355. The summed E-state index contributed by atoms with van der Waals surface area (Å²) in [4.78, 5) is 49.5. The zero-order valence-electron chi connectivity index (χ0n) is 24.1. The number of nitrogens with zero attached hydrogens (tertiary/aromatic N) is 3. The molecule has 220 valence electrons. The Morgan fingerprint density at radius 2 is 1.81 bits per heavy atom. The number of aromatic amines is 1. The summed E-state index contributed by atoms with van der Waals surface area (Å²) in [5, 5.41) is 6.60. The number of amides is 3. The first-order valence-corrected chi connectivity index (χ1v) is 14.1. The number of para-hydroxylation sites is 1. The second kappa shape index (κ2) is 12.1. The number of H-pyrrole nitrogens is 1. The number of fused-ring (bicyclic) bond motifs is 1. The molecule has 1 fully saturated rings. The number of likely N-dealkylation sites (tertiary alicyclic amines) is 1. The highest BCUT2D eigenvalue weighted by molar-refractivity contribution is 5.98. The lowest BCUT2D eigenvalue weighted by atomic mass is 10.0. The van der Waals surface area contributed by atoms with Crippen LogP contribution in [-0.4, -0.2) is 68.9 Å². The van der Waals surface area contributed by atoms with Gasteiger partial charge in [-0.1, -0.05) is 30.3 Å². The molecule has 3 amide bonds. The van der Waals surface area contributed by atoms with Gasteiger partial charge in [-0.2, -0.15) is 0 Å². The summed E-state index contributed by atoms with van der Waals surface area (Å²) in [5.41, 5.74) is 7.43. The molecule has 3 heterocycles. The average Bonchev–Trinajstić information content (AvgIpc) is 3.75. The quantitative estimate of drug-likeness (QED) is 0.230. The molecule has 1 aliphatic heterocycles. The lowest BCUT2D eigenvalue weighted by molar-refractivity contribution is -0.132. The Balaban J connectivity index is 1.39. The van der Waals surface area contributed by atoms with E-state index in [2.05, 4.69) is 20.6 Å². The minimum Gasteiger partial charge on any atom is -0.497 e. The van der Waals surface area contributed by atoms with Crippen molar-refractivity contribution in [2.24, 2.45) is 5.73 Å². The Kier molecular flexibility index (Phi) is 8.30. The molecule has 2 unspecified atom stereocenters. The van der Waals surface area contributed by atoms with Gasteiger partial charge in [0, 0.05) is 42.8 Å². The van der Waals surface area contributed by atoms with E-state index < -0.39 is 29.4 Å². The number of imidazole rings is 1. The maximum Gasteiger partial charge on any atom is 0.250 e. The predicted octanol–water partition coefficient (Wildman–Crippen LogP) is 2.99. The molecule has 0 radical (unpaired) electrons. The molecule has 5 rings (SSSR count). The van der Waals surface area contributed by atoms with Gasteiger partial charge in [-0.25, -0.2) is 4.98 Å². The van der Waals surface area contributed by atoms with Gasteiger partial charge in [0.25, 0.3) is 0 Å². The van der Waals surface area contributed by atoms with Crippen molar-refractivity contribution in [2.45, 2.75) is 50.7 Å². The van der Waals surface area contributed by atoms with Crippen molar-refractivity contribution >= 4 is 34.4 Å². The van der Waals surface area contributed by atoms with Crippen LogP contribution in [0.15, 0.2) is 67.3 Å². The van der Waals surface area contributed by atoms with Gasteiger partial charge < -0.3 is 35.6 Å². The van der Waals surface area contributed by atoms with Crippen LogP contribution in [0.5, 0.6) is 5.75 Å². The molecule has 2 aromatic heterocycles. The largest absolute Gasteiger partial charge is 0.497 e. The SMILES string of the molecule is COc1ccc(C(C(=O)N2CCCC2)n2cnc(NC(=O)C(Cc3c[nH]c4ccccc34)NC(=O)C(C)(C)N)c2)cc1. The number of benzene rings is 2. The Bertz CT molecular complexity index is 1560. The van der Waals surface area contributed by atoms with Crippen LogP contribution >= 0.6 is 0 Å². The smallest absolute Gasteiger partial charge is 0.250 e. The van der Waals surface area contributed by atoms with Crippen molar-refractivity contribution in [2.75, 3.05) is 25.5 Å². The van der Waals surface area contributed by atoms with Crippen molar-refractivity contribution in [3.8, 4) is 5.75 Å². The number of methoxy groups -OCH3 is 1. The van der Waals surface area contributed by atoms with Crippen LogP contribution in [0.3, 0.4) is 0 Å². The number of ether oxygens (including phenoxy) is 1. The van der Waals surface area contributed by atoms with Crippen LogP contribution in [0.4, 0.5) is 5.82 Å². The number of hydrogen-bond donors (Lipinski definition) is 4. The van der Waals surface area contributed by atoms with E-state index in [1.54, 1.807) is 31.7 Å². The van der Waals surface area contributed by atoms with E-state index in [0.717, 1.165) is 34.9 Å². The normalized spacial score (nSPS) is 14.9. The molecule has 0 aliphatic carbocycles. The van der Waals surface area contributed by atoms with Crippen molar-refractivity contribution in [3.63, 3.8) is 0 Å². The van der Waals surface area contributed by atoms with E-state index in [0.29, 0.717) is 18.8 Å². The van der Waals surface area contributed by atoms with Crippen LogP contribution < -0.4 is 21.1 Å². The minimum absolute atomic E-state index is 0.0393. The summed E-state index contributed by atoms with van der Waals surface area (Å²) in [5.74, 6) is 0.00737. The van der Waals surface area contributed by atoms with Crippen molar-refractivity contribution < 1.29 is 19.1 Å². The molecule has 42 heavy (non-hydrogen) atoms. The van der Waals surface area contributed by atoms with E-state index in [9.17, 15) is 14.4 Å². The van der Waals surface area contributed by atoms with Gasteiger partial charge in [-0.3, -0.25) is 14.4 Å². The monoisotopic (exact) mass is 571 g/mol. The predicted molar refractivity (Wildman–Crippen MR) is 160 cm³/mol. The maximum absolute atomic E-state index is 13.6. The Morgan fingerprint density at radius 1 is 1.10 bits per heavy atom. The van der Waals surface area contributed by atoms with Gasteiger partial charge in [-0.15, -0.1) is 0 Å². The van der Waals surface area contributed by atoms with Crippen LogP contribution in [0, 0.1) is 0 Å².